The first-order valence-electron chi connectivity index (χ1n) is 6.13. The standard InChI is InChI=1S/C13H17N3O/c1-9-14-7-10(16-9)8-15-12-3-2-4-13-11(12)5-6-17-13/h5-7,12,15H,2-4,8H2,1H3,(H,14,16). The summed E-state index contributed by atoms with van der Waals surface area (Å²) < 4.78 is 5.48. The summed E-state index contributed by atoms with van der Waals surface area (Å²) in [5.41, 5.74) is 2.46. The molecule has 2 aromatic rings. The number of fused-ring (bicyclic) bond motifs is 1. The molecule has 1 aliphatic carbocycles. The van der Waals surface area contributed by atoms with Crippen molar-refractivity contribution in [2.75, 3.05) is 0 Å². The molecule has 90 valence electrons. The fourth-order valence-electron chi connectivity index (χ4n) is 2.49. The molecule has 0 bridgehead atoms. The second-order valence-electron chi connectivity index (χ2n) is 4.62. The number of aromatic nitrogens is 2. The number of furan rings is 1. The summed E-state index contributed by atoms with van der Waals surface area (Å²) in [6.45, 7) is 2.80. The van der Waals surface area contributed by atoms with Gasteiger partial charge in [0.15, 0.2) is 0 Å². The summed E-state index contributed by atoms with van der Waals surface area (Å²) in [4.78, 5) is 7.44. The van der Waals surface area contributed by atoms with Crippen LogP contribution >= 0.6 is 0 Å². The van der Waals surface area contributed by atoms with Crippen molar-refractivity contribution in [3.63, 3.8) is 0 Å². The number of hydrogen-bond donors (Lipinski definition) is 2. The van der Waals surface area contributed by atoms with Gasteiger partial charge < -0.3 is 14.7 Å². The first-order chi connectivity index (χ1) is 8.33. The van der Waals surface area contributed by atoms with Crippen molar-refractivity contribution in [2.24, 2.45) is 0 Å². The minimum atomic E-state index is 0.418. The van der Waals surface area contributed by atoms with Gasteiger partial charge in [-0.15, -0.1) is 0 Å². The molecule has 0 aliphatic heterocycles. The Morgan fingerprint density at radius 2 is 2.53 bits per heavy atom. The number of aromatic amines is 1. The number of imidazole rings is 1. The normalized spacial score (nSPS) is 19.2. The van der Waals surface area contributed by atoms with Crippen LogP contribution in [-0.2, 0) is 13.0 Å². The lowest BCUT2D eigenvalue weighted by atomic mass is 9.93. The highest BCUT2D eigenvalue weighted by molar-refractivity contribution is 5.24. The van der Waals surface area contributed by atoms with E-state index < -0.39 is 0 Å². The molecule has 0 spiro atoms. The highest BCUT2D eigenvalue weighted by Gasteiger charge is 2.21. The van der Waals surface area contributed by atoms with Gasteiger partial charge in [-0.05, 0) is 25.8 Å². The molecule has 0 aromatic carbocycles. The Morgan fingerprint density at radius 1 is 1.59 bits per heavy atom. The van der Waals surface area contributed by atoms with E-state index in [0.717, 1.165) is 30.2 Å². The van der Waals surface area contributed by atoms with Gasteiger partial charge >= 0.3 is 0 Å². The molecule has 4 nitrogen and oxygen atoms in total. The van der Waals surface area contributed by atoms with Gasteiger partial charge in [0.2, 0.25) is 0 Å². The molecular formula is C13H17N3O. The van der Waals surface area contributed by atoms with Gasteiger partial charge in [0, 0.05) is 36.5 Å². The van der Waals surface area contributed by atoms with Gasteiger partial charge in [0.05, 0.1) is 6.26 Å². The molecule has 0 radical (unpaired) electrons. The average Bonchev–Trinajstić information content (AvgIpc) is 2.94. The number of rotatable bonds is 3. The van der Waals surface area contributed by atoms with Gasteiger partial charge in [-0.25, -0.2) is 4.98 Å². The van der Waals surface area contributed by atoms with E-state index in [2.05, 4.69) is 21.4 Å². The van der Waals surface area contributed by atoms with E-state index in [1.165, 1.54) is 18.4 Å². The first-order valence-corrected chi connectivity index (χ1v) is 6.13. The Morgan fingerprint density at radius 3 is 3.35 bits per heavy atom. The maximum absolute atomic E-state index is 5.48. The molecular weight excluding hydrogens is 214 g/mol. The van der Waals surface area contributed by atoms with E-state index >= 15 is 0 Å². The fraction of sp³-hybridized carbons (Fsp3) is 0.462. The van der Waals surface area contributed by atoms with Crippen molar-refractivity contribution in [3.05, 3.63) is 41.4 Å². The zero-order valence-corrected chi connectivity index (χ0v) is 9.99. The van der Waals surface area contributed by atoms with E-state index in [1.54, 1.807) is 6.26 Å². The number of H-pyrrole nitrogens is 1. The van der Waals surface area contributed by atoms with Crippen LogP contribution in [0, 0.1) is 6.92 Å². The Labute approximate surface area is 100 Å². The third-order valence-corrected chi connectivity index (χ3v) is 3.35. The van der Waals surface area contributed by atoms with Gasteiger partial charge in [-0.2, -0.15) is 0 Å². The van der Waals surface area contributed by atoms with E-state index in [4.69, 9.17) is 4.42 Å². The topological polar surface area (TPSA) is 53.9 Å². The summed E-state index contributed by atoms with van der Waals surface area (Å²) >= 11 is 0. The van der Waals surface area contributed by atoms with Crippen molar-refractivity contribution in [1.82, 2.24) is 15.3 Å². The average molecular weight is 231 g/mol. The van der Waals surface area contributed by atoms with Crippen LogP contribution in [0.2, 0.25) is 0 Å². The van der Waals surface area contributed by atoms with Crippen LogP contribution in [0.5, 0.6) is 0 Å². The minimum absolute atomic E-state index is 0.418. The molecule has 1 unspecified atom stereocenters. The third kappa shape index (κ3) is 2.13. The fourth-order valence-corrected chi connectivity index (χ4v) is 2.49. The number of aryl methyl sites for hydroxylation is 2. The van der Waals surface area contributed by atoms with Crippen molar-refractivity contribution in [3.8, 4) is 0 Å². The predicted molar refractivity (Wildman–Crippen MR) is 64.6 cm³/mol. The highest BCUT2D eigenvalue weighted by Crippen LogP contribution is 2.30. The summed E-state index contributed by atoms with van der Waals surface area (Å²) in [5.74, 6) is 2.11. The second kappa shape index (κ2) is 4.37. The molecule has 2 N–H and O–H groups in total. The third-order valence-electron chi connectivity index (χ3n) is 3.35. The molecule has 4 heteroatoms. The van der Waals surface area contributed by atoms with Crippen molar-refractivity contribution in [2.45, 2.75) is 38.8 Å². The molecule has 17 heavy (non-hydrogen) atoms. The number of nitrogens with zero attached hydrogens (tertiary/aromatic N) is 1. The molecule has 1 aliphatic rings. The molecule has 3 rings (SSSR count). The van der Waals surface area contributed by atoms with Crippen LogP contribution in [-0.4, -0.2) is 9.97 Å². The summed E-state index contributed by atoms with van der Waals surface area (Å²) in [6, 6.07) is 2.51. The van der Waals surface area contributed by atoms with E-state index in [9.17, 15) is 0 Å². The quantitative estimate of drug-likeness (QED) is 0.853. The molecule has 0 saturated heterocycles. The maximum Gasteiger partial charge on any atom is 0.108 e. The maximum atomic E-state index is 5.48. The second-order valence-corrected chi connectivity index (χ2v) is 4.62. The summed E-state index contributed by atoms with van der Waals surface area (Å²) in [7, 11) is 0. The van der Waals surface area contributed by atoms with E-state index in [1.807, 2.05) is 13.1 Å². The Balaban J connectivity index is 1.67. The van der Waals surface area contributed by atoms with Crippen LogP contribution in [0.1, 0.15) is 41.7 Å². The van der Waals surface area contributed by atoms with Gasteiger partial charge in [0.1, 0.15) is 11.6 Å². The van der Waals surface area contributed by atoms with Gasteiger partial charge in [0.25, 0.3) is 0 Å². The van der Waals surface area contributed by atoms with Crippen LogP contribution in [0.4, 0.5) is 0 Å². The summed E-state index contributed by atoms with van der Waals surface area (Å²) in [5, 5.41) is 3.56. The molecule has 2 heterocycles. The van der Waals surface area contributed by atoms with Crippen LogP contribution in [0.25, 0.3) is 0 Å². The van der Waals surface area contributed by atoms with Crippen LogP contribution < -0.4 is 5.32 Å². The van der Waals surface area contributed by atoms with E-state index in [-0.39, 0.29) is 0 Å². The zero-order valence-electron chi connectivity index (χ0n) is 9.99. The zero-order chi connectivity index (χ0) is 11.7. The molecule has 0 amide bonds. The predicted octanol–water partition coefficient (Wildman–Crippen LogP) is 2.48. The Bertz CT molecular complexity index is 500. The lowest BCUT2D eigenvalue weighted by Gasteiger charge is -2.22. The van der Waals surface area contributed by atoms with Gasteiger partial charge in [-0.1, -0.05) is 0 Å². The number of hydrogen-bond acceptors (Lipinski definition) is 3. The molecule has 2 aromatic heterocycles. The molecule has 1 atom stereocenters. The highest BCUT2D eigenvalue weighted by atomic mass is 16.3. The smallest absolute Gasteiger partial charge is 0.108 e. The van der Waals surface area contributed by atoms with Crippen molar-refractivity contribution in [1.29, 1.82) is 0 Å². The molecule has 0 saturated carbocycles. The minimum Gasteiger partial charge on any atom is -0.469 e. The van der Waals surface area contributed by atoms with E-state index in [0.29, 0.717) is 6.04 Å². The van der Waals surface area contributed by atoms with Crippen LogP contribution in [0.15, 0.2) is 22.9 Å². The SMILES string of the molecule is Cc1ncc(CNC2CCCc3occc32)[nH]1. The monoisotopic (exact) mass is 231 g/mol. The lowest BCUT2D eigenvalue weighted by Crippen LogP contribution is -2.24. The van der Waals surface area contributed by atoms with Crippen molar-refractivity contribution < 1.29 is 4.42 Å². The van der Waals surface area contributed by atoms with Gasteiger partial charge in [-0.3, -0.25) is 0 Å². The summed E-state index contributed by atoms with van der Waals surface area (Å²) in [6.07, 6.45) is 7.13. The Kier molecular flexibility index (Phi) is 2.73. The first kappa shape index (κ1) is 10.6. The molecule has 0 fully saturated rings. The number of nitrogens with one attached hydrogen (secondary N) is 2. The van der Waals surface area contributed by atoms with Crippen molar-refractivity contribution >= 4 is 0 Å². The Hall–Kier alpha value is -1.55. The van der Waals surface area contributed by atoms with Crippen LogP contribution in [0.3, 0.4) is 0 Å². The lowest BCUT2D eigenvalue weighted by molar-refractivity contribution is 0.409. The largest absolute Gasteiger partial charge is 0.469 e.